The number of nitrogens with zero attached hydrogens (tertiary/aromatic N) is 7. The van der Waals surface area contributed by atoms with Crippen molar-refractivity contribution in [3.8, 4) is 11.3 Å². The molecule has 1 unspecified atom stereocenters. The first-order chi connectivity index (χ1) is 20.2. The van der Waals surface area contributed by atoms with E-state index in [2.05, 4.69) is 25.7 Å². The molecule has 0 fully saturated rings. The van der Waals surface area contributed by atoms with E-state index >= 15 is 0 Å². The molecule has 2 aromatic carbocycles. The highest BCUT2D eigenvalue weighted by molar-refractivity contribution is 8.00. The van der Waals surface area contributed by atoms with Crippen LogP contribution < -0.4 is 5.32 Å². The Kier molecular flexibility index (Phi) is 8.09. The number of halogens is 3. The number of hydrogen-bond acceptors (Lipinski definition) is 7. The van der Waals surface area contributed by atoms with Crippen molar-refractivity contribution in [2.75, 3.05) is 11.9 Å². The molecule has 14 heteroatoms. The molecule has 1 atom stereocenters. The average molecular weight is 642 g/mol. The molecule has 2 amide bonds. The Bertz CT molecular complexity index is 1800. The van der Waals surface area contributed by atoms with Gasteiger partial charge in [-0.2, -0.15) is 5.10 Å². The second-order valence-corrected chi connectivity index (χ2v) is 12.4. The van der Waals surface area contributed by atoms with Crippen molar-refractivity contribution in [1.29, 1.82) is 0 Å². The molecule has 10 nitrogen and oxygen atoms in total. The van der Waals surface area contributed by atoms with Crippen molar-refractivity contribution in [2.45, 2.75) is 36.7 Å². The minimum Gasteiger partial charge on any atom is -0.334 e. The highest BCUT2D eigenvalue weighted by Gasteiger charge is 2.29. The van der Waals surface area contributed by atoms with Crippen LogP contribution in [0.3, 0.4) is 0 Å². The van der Waals surface area contributed by atoms with Crippen LogP contribution in [0.2, 0.25) is 15.1 Å². The maximum absolute atomic E-state index is 13.5. The summed E-state index contributed by atoms with van der Waals surface area (Å²) in [6.45, 7) is 3.35. The number of anilines is 1. The maximum atomic E-state index is 13.5. The summed E-state index contributed by atoms with van der Waals surface area (Å²) in [6, 6.07) is 12.3. The number of hydrogen-bond donors (Lipinski definition) is 1. The fourth-order valence-corrected chi connectivity index (χ4v) is 6.58. The van der Waals surface area contributed by atoms with Gasteiger partial charge in [0.15, 0.2) is 0 Å². The zero-order chi connectivity index (χ0) is 29.4. The summed E-state index contributed by atoms with van der Waals surface area (Å²) < 4.78 is 3.32. The van der Waals surface area contributed by atoms with Gasteiger partial charge < -0.3 is 10.2 Å². The summed E-state index contributed by atoms with van der Waals surface area (Å²) in [5.41, 5.74) is 3.47. The first-order valence-electron chi connectivity index (χ1n) is 12.9. The van der Waals surface area contributed by atoms with E-state index < -0.39 is 0 Å². The van der Waals surface area contributed by atoms with E-state index in [9.17, 15) is 9.59 Å². The zero-order valence-electron chi connectivity index (χ0n) is 22.2. The number of benzene rings is 2. The molecule has 6 rings (SSSR count). The van der Waals surface area contributed by atoms with Gasteiger partial charge in [0.2, 0.25) is 11.8 Å². The number of aromatic nitrogens is 6. The monoisotopic (exact) mass is 640 g/mol. The second kappa shape index (κ2) is 11.9. The smallest absolute Gasteiger partial charge is 0.246 e. The lowest BCUT2D eigenvalue weighted by atomic mass is 10.1. The van der Waals surface area contributed by atoms with Gasteiger partial charge in [0.05, 0.1) is 41.9 Å². The summed E-state index contributed by atoms with van der Waals surface area (Å²) in [5.74, 6) is -0.283. The van der Waals surface area contributed by atoms with Crippen molar-refractivity contribution >= 4 is 75.0 Å². The van der Waals surface area contributed by atoms with E-state index in [-0.39, 0.29) is 23.6 Å². The SMILES string of the molecule is CC(Sc1ccnc2cc(Cl)ccc12)C(=O)N1CCn2ncc(-c3cn(CC(=O)Nc4cc(Cl)cc(Cl)c4)nn3)c2C1. The Hall–Kier alpha value is -3.64. The topological polar surface area (TPSA) is 111 Å². The molecule has 0 saturated carbocycles. The van der Waals surface area contributed by atoms with Gasteiger partial charge in [0.1, 0.15) is 12.2 Å². The molecule has 0 spiro atoms. The number of rotatable bonds is 7. The Balaban J connectivity index is 1.13. The Labute approximate surface area is 259 Å². The summed E-state index contributed by atoms with van der Waals surface area (Å²) in [6.07, 6.45) is 5.13. The molecule has 0 aliphatic carbocycles. The van der Waals surface area contributed by atoms with Crippen molar-refractivity contribution in [1.82, 2.24) is 34.7 Å². The van der Waals surface area contributed by atoms with Gasteiger partial charge in [-0.15, -0.1) is 16.9 Å². The molecule has 1 aliphatic heterocycles. The molecular weight excluding hydrogens is 619 g/mol. The molecule has 214 valence electrons. The summed E-state index contributed by atoms with van der Waals surface area (Å²) in [4.78, 5) is 33.3. The van der Waals surface area contributed by atoms with Crippen LogP contribution in [0.5, 0.6) is 0 Å². The lowest BCUT2D eigenvalue weighted by Crippen LogP contribution is -2.42. The summed E-state index contributed by atoms with van der Waals surface area (Å²) >= 11 is 19.7. The number of nitrogens with one attached hydrogen (secondary N) is 1. The van der Waals surface area contributed by atoms with E-state index in [1.54, 1.807) is 36.8 Å². The van der Waals surface area contributed by atoms with E-state index in [0.29, 0.717) is 46.1 Å². The van der Waals surface area contributed by atoms with Crippen LogP contribution in [0.4, 0.5) is 5.69 Å². The van der Waals surface area contributed by atoms with Gasteiger partial charge in [0.25, 0.3) is 0 Å². The number of thioether (sulfide) groups is 1. The minimum atomic E-state index is -0.321. The average Bonchev–Trinajstić information content (AvgIpc) is 3.58. The van der Waals surface area contributed by atoms with E-state index in [4.69, 9.17) is 34.8 Å². The quantitative estimate of drug-likeness (QED) is 0.223. The third-order valence-electron chi connectivity index (χ3n) is 6.77. The largest absolute Gasteiger partial charge is 0.334 e. The van der Waals surface area contributed by atoms with Crippen LogP contribution in [-0.4, -0.2) is 58.3 Å². The fourth-order valence-electron chi connectivity index (χ4n) is 4.82. The van der Waals surface area contributed by atoms with Gasteiger partial charge >= 0.3 is 0 Å². The normalized spacial score (nSPS) is 13.7. The van der Waals surface area contributed by atoms with Crippen molar-refractivity contribution in [3.05, 3.63) is 81.8 Å². The number of fused-ring (bicyclic) bond motifs is 2. The van der Waals surface area contributed by atoms with Crippen LogP contribution in [0.25, 0.3) is 22.2 Å². The van der Waals surface area contributed by atoms with Crippen molar-refractivity contribution in [2.24, 2.45) is 0 Å². The van der Waals surface area contributed by atoms with Gasteiger partial charge in [-0.25, -0.2) is 4.68 Å². The predicted molar refractivity (Wildman–Crippen MR) is 164 cm³/mol. The molecule has 0 bridgehead atoms. The highest BCUT2D eigenvalue weighted by Crippen LogP contribution is 2.33. The van der Waals surface area contributed by atoms with Crippen molar-refractivity contribution < 1.29 is 9.59 Å². The molecule has 3 aromatic heterocycles. The fraction of sp³-hybridized carbons (Fsp3) is 0.214. The third kappa shape index (κ3) is 6.10. The van der Waals surface area contributed by atoms with E-state index in [1.165, 1.54) is 16.4 Å². The Morgan fingerprint density at radius 3 is 2.67 bits per heavy atom. The van der Waals surface area contributed by atoms with Crippen LogP contribution in [-0.2, 0) is 29.2 Å². The molecule has 42 heavy (non-hydrogen) atoms. The van der Waals surface area contributed by atoms with Crippen LogP contribution in [0.1, 0.15) is 12.6 Å². The second-order valence-electron chi connectivity index (χ2n) is 9.73. The van der Waals surface area contributed by atoms with Crippen LogP contribution in [0.15, 0.2) is 66.0 Å². The molecule has 4 heterocycles. The molecule has 5 aromatic rings. The van der Waals surface area contributed by atoms with Crippen LogP contribution in [0, 0.1) is 0 Å². The third-order valence-corrected chi connectivity index (χ3v) is 8.60. The first-order valence-corrected chi connectivity index (χ1v) is 15.0. The van der Waals surface area contributed by atoms with Gasteiger partial charge in [-0.1, -0.05) is 46.1 Å². The lowest BCUT2D eigenvalue weighted by molar-refractivity contribution is -0.131. The van der Waals surface area contributed by atoms with Crippen molar-refractivity contribution in [3.63, 3.8) is 0 Å². The predicted octanol–water partition coefficient (Wildman–Crippen LogP) is 5.81. The summed E-state index contributed by atoms with van der Waals surface area (Å²) in [5, 5.41) is 17.7. The number of pyridine rings is 1. The van der Waals surface area contributed by atoms with Gasteiger partial charge in [-0.05, 0) is 43.3 Å². The zero-order valence-corrected chi connectivity index (χ0v) is 25.3. The number of carbonyl (C=O) groups is 2. The Morgan fingerprint density at radius 2 is 1.86 bits per heavy atom. The standard InChI is InChI=1S/C28H23Cl3N8O2S/c1-16(42-26-4-5-32-23-11-17(29)2-3-21(23)26)28(41)37-6-7-39-25(14-37)22(12-33-39)24-13-38(36-35-24)15-27(40)34-20-9-18(30)8-19(31)10-20/h2-5,8-13,16H,6-7,14-15H2,1H3,(H,34,40). The summed E-state index contributed by atoms with van der Waals surface area (Å²) in [7, 11) is 0. The number of carbonyl (C=O) groups excluding carboxylic acids is 2. The van der Waals surface area contributed by atoms with Crippen LogP contribution >= 0.6 is 46.6 Å². The maximum Gasteiger partial charge on any atom is 0.246 e. The molecular formula is C28H23Cl3N8O2S. The molecule has 1 aliphatic rings. The molecule has 1 N–H and O–H groups in total. The Morgan fingerprint density at radius 1 is 1.05 bits per heavy atom. The number of amides is 2. The lowest BCUT2D eigenvalue weighted by Gasteiger charge is -2.30. The molecule has 0 saturated heterocycles. The van der Waals surface area contributed by atoms with Gasteiger partial charge in [-0.3, -0.25) is 19.3 Å². The van der Waals surface area contributed by atoms with Gasteiger partial charge in [0, 0.05) is 49.3 Å². The highest BCUT2D eigenvalue weighted by atomic mass is 35.5. The molecule has 0 radical (unpaired) electrons. The minimum absolute atomic E-state index is 0.0266. The van der Waals surface area contributed by atoms with E-state index in [1.807, 2.05) is 40.8 Å². The van der Waals surface area contributed by atoms with E-state index in [0.717, 1.165) is 27.1 Å². The first kappa shape index (κ1) is 28.5.